The summed E-state index contributed by atoms with van der Waals surface area (Å²) in [6.45, 7) is 0.757. The summed E-state index contributed by atoms with van der Waals surface area (Å²) >= 11 is 0. The lowest BCUT2D eigenvalue weighted by Crippen LogP contribution is -2.27. The van der Waals surface area contributed by atoms with Crippen LogP contribution in [0.15, 0.2) is 36.5 Å². The normalized spacial score (nSPS) is 14.2. The van der Waals surface area contributed by atoms with E-state index in [0.29, 0.717) is 13.1 Å². The number of amides is 1. The minimum Gasteiger partial charge on any atom is -0.454 e. The number of aromatic amines is 1. The molecule has 1 aromatic carbocycles. The van der Waals surface area contributed by atoms with Crippen LogP contribution in [0.5, 0.6) is 0 Å². The third-order valence-electron chi connectivity index (χ3n) is 4.41. The van der Waals surface area contributed by atoms with Crippen LogP contribution in [0.2, 0.25) is 0 Å². The molecule has 0 spiro atoms. The average Bonchev–Trinajstić information content (AvgIpc) is 3.36. The second-order valence-electron chi connectivity index (χ2n) is 6.38. The predicted molar refractivity (Wildman–Crippen MR) is 92.0 cm³/mol. The zero-order chi connectivity index (χ0) is 20.3. The van der Waals surface area contributed by atoms with Gasteiger partial charge in [-0.1, -0.05) is 0 Å². The van der Waals surface area contributed by atoms with Crippen molar-refractivity contribution in [1.29, 1.82) is 0 Å². The van der Waals surface area contributed by atoms with Crippen LogP contribution in [-0.2, 0) is 10.9 Å². The number of benzene rings is 1. The van der Waals surface area contributed by atoms with Gasteiger partial charge in [0.1, 0.15) is 5.69 Å². The number of likely N-dealkylation sites (tertiary alicyclic amines) is 1. The summed E-state index contributed by atoms with van der Waals surface area (Å²) in [5.74, 6) is -1.64. The van der Waals surface area contributed by atoms with E-state index in [2.05, 4.69) is 4.98 Å². The Kier molecular flexibility index (Phi) is 5.53. The van der Waals surface area contributed by atoms with Crippen molar-refractivity contribution in [3.8, 4) is 0 Å². The van der Waals surface area contributed by atoms with E-state index in [0.717, 1.165) is 37.1 Å². The number of alkyl halides is 3. The molecule has 0 radical (unpaired) electrons. The molecule has 0 aliphatic carbocycles. The molecule has 1 fully saturated rings. The summed E-state index contributed by atoms with van der Waals surface area (Å²) in [6, 6.07) is 4.90. The van der Waals surface area contributed by atoms with Crippen LogP contribution in [0.4, 0.5) is 13.2 Å². The SMILES string of the molecule is O=C(COC(=O)c1ccc(C(F)(F)F)cc1)c1c[nH]c(C(=O)N2CCCC2)c1. The molecule has 1 amide bonds. The molecule has 0 saturated carbocycles. The van der Waals surface area contributed by atoms with Crippen molar-refractivity contribution in [3.05, 3.63) is 58.9 Å². The molecule has 6 nitrogen and oxygen atoms in total. The zero-order valence-electron chi connectivity index (χ0n) is 14.7. The van der Waals surface area contributed by atoms with Crippen LogP contribution >= 0.6 is 0 Å². The number of carbonyl (C=O) groups excluding carboxylic acids is 3. The van der Waals surface area contributed by atoms with E-state index in [-0.39, 0.29) is 22.7 Å². The van der Waals surface area contributed by atoms with Crippen molar-refractivity contribution in [3.63, 3.8) is 0 Å². The van der Waals surface area contributed by atoms with E-state index in [1.807, 2.05) is 0 Å². The van der Waals surface area contributed by atoms with Gasteiger partial charge in [-0.15, -0.1) is 0 Å². The van der Waals surface area contributed by atoms with Gasteiger partial charge >= 0.3 is 12.1 Å². The Labute approximate surface area is 158 Å². The Hall–Kier alpha value is -3.10. The number of carbonyl (C=O) groups is 3. The largest absolute Gasteiger partial charge is 0.454 e. The highest BCUT2D eigenvalue weighted by atomic mass is 19.4. The second-order valence-corrected chi connectivity index (χ2v) is 6.38. The van der Waals surface area contributed by atoms with Gasteiger partial charge in [-0.25, -0.2) is 4.79 Å². The number of aromatic nitrogens is 1. The van der Waals surface area contributed by atoms with Crippen LogP contribution in [0.25, 0.3) is 0 Å². The molecule has 148 valence electrons. The van der Waals surface area contributed by atoms with Crippen molar-refractivity contribution in [2.24, 2.45) is 0 Å². The maximum absolute atomic E-state index is 12.5. The minimum atomic E-state index is -4.50. The number of nitrogens with one attached hydrogen (secondary N) is 1. The number of halogens is 3. The number of H-pyrrole nitrogens is 1. The van der Waals surface area contributed by atoms with Crippen LogP contribution in [0, 0.1) is 0 Å². The van der Waals surface area contributed by atoms with Crippen molar-refractivity contribution in [1.82, 2.24) is 9.88 Å². The van der Waals surface area contributed by atoms with Gasteiger partial charge in [0.2, 0.25) is 5.78 Å². The fourth-order valence-corrected chi connectivity index (χ4v) is 2.86. The molecule has 9 heteroatoms. The number of ether oxygens (including phenoxy) is 1. The van der Waals surface area contributed by atoms with Crippen LogP contribution in [-0.4, -0.2) is 47.2 Å². The summed E-state index contributed by atoms with van der Waals surface area (Å²) in [4.78, 5) is 40.7. The van der Waals surface area contributed by atoms with Crippen LogP contribution in [0.1, 0.15) is 49.6 Å². The lowest BCUT2D eigenvalue weighted by Gasteiger charge is -2.13. The Morgan fingerprint density at radius 1 is 1.04 bits per heavy atom. The molecule has 1 aliphatic rings. The van der Waals surface area contributed by atoms with Crippen molar-refractivity contribution in [2.45, 2.75) is 19.0 Å². The van der Waals surface area contributed by atoms with E-state index in [4.69, 9.17) is 4.74 Å². The van der Waals surface area contributed by atoms with Gasteiger partial charge in [-0.3, -0.25) is 9.59 Å². The Morgan fingerprint density at radius 2 is 1.68 bits per heavy atom. The van der Waals surface area contributed by atoms with Crippen molar-refractivity contribution >= 4 is 17.7 Å². The van der Waals surface area contributed by atoms with E-state index < -0.39 is 30.1 Å². The second kappa shape index (κ2) is 7.87. The monoisotopic (exact) mass is 394 g/mol. The third kappa shape index (κ3) is 4.41. The Balaban J connectivity index is 1.56. The average molecular weight is 394 g/mol. The smallest absolute Gasteiger partial charge is 0.416 e. The van der Waals surface area contributed by atoms with Gasteiger partial charge in [0.25, 0.3) is 5.91 Å². The molecule has 1 aliphatic heterocycles. The molecular formula is C19H17F3N2O4. The van der Waals surface area contributed by atoms with Gasteiger partial charge < -0.3 is 14.6 Å². The summed E-state index contributed by atoms with van der Waals surface area (Å²) in [7, 11) is 0. The zero-order valence-corrected chi connectivity index (χ0v) is 14.7. The molecule has 0 unspecified atom stereocenters. The van der Waals surface area contributed by atoms with Gasteiger partial charge in [0.15, 0.2) is 6.61 Å². The first-order valence-electron chi connectivity index (χ1n) is 8.61. The number of hydrogen-bond acceptors (Lipinski definition) is 4. The lowest BCUT2D eigenvalue weighted by molar-refractivity contribution is -0.137. The number of nitrogens with zero attached hydrogens (tertiary/aromatic N) is 1. The summed E-state index contributed by atoms with van der Waals surface area (Å²) in [5, 5.41) is 0. The van der Waals surface area contributed by atoms with E-state index in [9.17, 15) is 27.6 Å². The molecule has 1 saturated heterocycles. The fourth-order valence-electron chi connectivity index (χ4n) is 2.86. The van der Waals surface area contributed by atoms with Crippen molar-refractivity contribution in [2.75, 3.05) is 19.7 Å². The minimum absolute atomic E-state index is 0.0974. The summed E-state index contributed by atoms with van der Waals surface area (Å²) < 4.78 is 42.4. The number of Topliss-reactive ketones (excluding diaryl/α,β-unsaturated/α-hetero) is 1. The molecule has 0 bridgehead atoms. The lowest BCUT2D eigenvalue weighted by atomic mass is 10.1. The van der Waals surface area contributed by atoms with Crippen LogP contribution < -0.4 is 0 Å². The highest BCUT2D eigenvalue weighted by molar-refractivity contribution is 6.02. The number of esters is 1. The Bertz CT molecular complexity index is 881. The predicted octanol–water partition coefficient (Wildman–Crippen LogP) is 3.31. The summed E-state index contributed by atoms with van der Waals surface area (Å²) in [5.41, 5.74) is -0.524. The molecule has 3 rings (SSSR count). The number of ketones is 1. The van der Waals surface area contributed by atoms with E-state index in [1.54, 1.807) is 4.90 Å². The first-order chi connectivity index (χ1) is 13.3. The highest BCUT2D eigenvalue weighted by Crippen LogP contribution is 2.29. The van der Waals surface area contributed by atoms with E-state index in [1.165, 1.54) is 12.3 Å². The van der Waals surface area contributed by atoms with Gasteiger partial charge in [0, 0.05) is 24.8 Å². The molecule has 1 aromatic heterocycles. The topological polar surface area (TPSA) is 79.5 Å². The standard InChI is InChI=1S/C19H17F3N2O4/c20-19(21,22)14-5-3-12(4-6-14)18(27)28-11-16(25)13-9-15(23-10-13)17(26)24-7-1-2-8-24/h3-6,9-10,23H,1-2,7-8,11H2. The first-order valence-corrected chi connectivity index (χ1v) is 8.61. The molecule has 2 aromatic rings. The van der Waals surface area contributed by atoms with Gasteiger partial charge in [-0.2, -0.15) is 13.2 Å². The van der Waals surface area contributed by atoms with E-state index >= 15 is 0 Å². The number of hydrogen-bond donors (Lipinski definition) is 1. The fraction of sp³-hybridized carbons (Fsp3) is 0.316. The number of rotatable bonds is 5. The maximum atomic E-state index is 12.5. The first kappa shape index (κ1) is 19.7. The summed E-state index contributed by atoms with van der Waals surface area (Å²) in [6.07, 6.45) is -1.26. The Morgan fingerprint density at radius 3 is 2.29 bits per heavy atom. The molecule has 1 N–H and O–H groups in total. The van der Waals surface area contributed by atoms with Crippen molar-refractivity contribution < 1.29 is 32.3 Å². The molecular weight excluding hydrogens is 377 g/mol. The molecule has 28 heavy (non-hydrogen) atoms. The third-order valence-corrected chi connectivity index (χ3v) is 4.41. The maximum Gasteiger partial charge on any atom is 0.416 e. The quantitative estimate of drug-likeness (QED) is 0.623. The molecule has 0 atom stereocenters. The van der Waals surface area contributed by atoms with Crippen LogP contribution in [0.3, 0.4) is 0 Å². The molecule has 2 heterocycles. The van der Waals surface area contributed by atoms with Gasteiger partial charge in [-0.05, 0) is 43.2 Å². The highest BCUT2D eigenvalue weighted by Gasteiger charge is 2.30. The van der Waals surface area contributed by atoms with Gasteiger partial charge in [0.05, 0.1) is 11.1 Å².